The van der Waals surface area contributed by atoms with Crippen LogP contribution < -0.4 is 16.0 Å². The highest BCUT2D eigenvalue weighted by atomic mass is 32.1. The third-order valence-corrected chi connectivity index (χ3v) is 3.34. The maximum atomic E-state index is 11.3. The molecular weight excluding hydrogens is 262 g/mol. The van der Waals surface area contributed by atoms with Gasteiger partial charge in [-0.05, 0) is 46.4 Å². The average Bonchev–Trinajstić information content (AvgIpc) is 2.34. The third-order valence-electron chi connectivity index (χ3n) is 3.02. The predicted octanol–water partition coefficient (Wildman–Crippen LogP) is 0.356. The van der Waals surface area contributed by atoms with Crippen molar-refractivity contribution in [3.63, 3.8) is 0 Å². The zero-order valence-electron chi connectivity index (χ0n) is 12.3. The van der Waals surface area contributed by atoms with E-state index in [9.17, 15) is 9.59 Å². The van der Waals surface area contributed by atoms with Crippen molar-refractivity contribution in [2.75, 3.05) is 18.8 Å². The SMILES string of the molecule is CC(=O)[C@H](C)NCC(NCCCS)N[C@@H](C)C(C)=O. The molecule has 0 aromatic heterocycles. The monoisotopic (exact) mass is 289 g/mol. The van der Waals surface area contributed by atoms with Gasteiger partial charge in [0.2, 0.25) is 0 Å². The fraction of sp³-hybridized carbons (Fsp3) is 0.846. The second kappa shape index (κ2) is 10.4. The number of thiol groups is 1. The summed E-state index contributed by atoms with van der Waals surface area (Å²) in [5, 5.41) is 9.67. The van der Waals surface area contributed by atoms with Crippen LogP contribution in [-0.2, 0) is 9.59 Å². The van der Waals surface area contributed by atoms with Gasteiger partial charge in [-0.2, -0.15) is 12.6 Å². The Hall–Kier alpha value is -0.430. The first kappa shape index (κ1) is 18.6. The summed E-state index contributed by atoms with van der Waals surface area (Å²) in [6, 6.07) is -0.383. The molecule has 5 nitrogen and oxygen atoms in total. The number of ketones is 2. The number of hydrogen-bond acceptors (Lipinski definition) is 6. The number of carbonyl (C=O) groups excluding carboxylic acids is 2. The van der Waals surface area contributed by atoms with E-state index in [4.69, 9.17) is 0 Å². The van der Waals surface area contributed by atoms with Crippen LogP contribution in [0.25, 0.3) is 0 Å². The third kappa shape index (κ3) is 9.15. The molecule has 3 N–H and O–H groups in total. The van der Waals surface area contributed by atoms with Crippen molar-refractivity contribution in [1.29, 1.82) is 0 Å². The molecule has 0 aromatic rings. The van der Waals surface area contributed by atoms with E-state index < -0.39 is 0 Å². The van der Waals surface area contributed by atoms with Gasteiger partial charge in [0.25, 0.3) is 0 Å². The van der Waals surface area contributed by atoms with Gasteiger partial charge in [-0.25, -0.2) is 0 Å². The van der Waals surface area contributed by atoms with Gasteiger partial charge in [0.1, 0.15) is 11.6 Å². The summed E-state index contributed by atoms with van der Waals surface area (Å²) in [5.74, 6) is 1.02. The van der Waals surface area contributed by atoms with Crippen molar-refractivity contribution in [3.8, 4) is 0 Å². The Morgan fingerprint density at radius 2 is 1.63 bits per heavy atom. The minimum atomic E-state index is -0.206. The lowest BCUT2D eigenvalue weighted by Crippen LogP contribution is -2.55. The smallest absolute Gasteiger partial charge is 0.146 e. The number of hydrogen-bond donors (Lipinski definition) is 4. The van der Waals surface area contributed by atoms with Crippen LogP contribution in [0.15, 0.2) is 0 Å². The lowest BCUT2D eigenvalue weighted by molar-refractivity contribution is -0.119. The van der Waals surface area contributed by atoms with Crippen molar-refractivity contribution >= 4 is 24.2 Å². The normalized spacial score (nSPS) is 15.8. The molecule has 0 aliphatic heterocycles. The highest BCUT2D eigenvalue weighted by Crippen LogP contribution is 1.91. The molecule has 0 aliphatic rings. The molecule has 0 heterocycles. The summed E-state index contributed by atoms with van der Waals surface area (Å²) < 4.78 is 0. The quantitative estimate of drug-likeness (QED) is 0.251. The standard InChI is InChI=1S/C13H27N3O2S/c1-9(11(3)17)15-8-13(14-6-5-7-19)16-10(2)12(4)18/h9-10,13-16,19H,5-8H2,1-4H3/t9-,10-,13?/m0/s1. The molecular formula is C13H27N3O2S. The molecule has 0 amide bonds. The van der Waals surface area contributed by atoms with Gasteiger partial charge in [-0.1, -0.05) is 0 Å². The average molecular weight is 289 g/mol. The van der Waals surface area contributed by atoms with Gasteiger partial charge >= 0.3 is 0 Å². The number of nitrogens with one attached hydrogen (secondary N) is 3. The van der Waals surface area contributed by atoms with Crippen LogP contribution in [-0.4, -0.2) is 48.7 Å². The molecule has 3 atom stereocenters. The molecule has 0 bridgehead atoms. The number of carbonyl (C=O) groups is 2. The second-order valence-electron chi connectivity index (χ2n) is 4.82. The van der Waals surface area contributed by atoms with E-state index in [1.165, 1.54) is 0 Å². The summed E-state index contributed by atoms with van der Waals surface area (Å²) in [4.78, 5) is 22.5. The van der Waals surface area contributed by atoms with Gasteiger partial charge in [-0.3, -0.25) is 14.9 Å². The summed E-state index contributed by atoms with van der Waals surface area (Å²) in [5.41, 5.74) is 0. The van der Waals surface area contributed by atoms with E-state index in [1.807, 2.05) is 13.8 Å². The lowest BCUT2D eigenvalue weighted by Gasteiger charge is -2.25. The molecule has 0 aromatic carbocycles. The van der Waals surface area contributed by atoms with E-state index in [0.29, 0.717) is 6.54 Å². The maximum Gasteiger partial charge on any atom is 0.146 e. The van der Waals surface area contributed by atoms with Crippen LogP contribution in [0.1, 0.15) is 34.1 Å². The Morgan fingerprint density at radius 3 is 2.11 bits per heavy atom. The van der Waals surface area contributed by atoms with Crippen molar-refractivity contribution in [3.05, 3.63) is 0 Å². The van der Waals surface area contributed by atoms with Gasteiger partial charge in [-0.15, -0.1) is 0 Å². The van der Waals surface area contributed by atoms with E-state index >= 15 is 0 Å². The molecule has 0 spiro atoms. The molecule has 112 valence electrons. The minimum absolute atomic E-state index is 0.0411. The summed E-state index contributed by atoms with van der Waals surface area (Å²) in [7, 11) is 0. The van der Waals surface area contributed by atoms with Crippen molar-refractivity contribution in [1.82, 2.24) is 16.0 Å². The molecule has 19 heavy (non-hydrogen) atoms. The first-order valence-corrected chi connectivity index (χ1v) is 7.36. The van der Waals surface area contributed by atoms with Crippen molar-refractivity contribution < 1.29 is 9.59 Å². The topological polar surface area (TPSA) is 70.2 Å². The molecule has 0 saturated carbocycles. The van der Waals surface area contributed by atoms with Crippen LogP contribution in [0.5, 0.6) is 0 Å². The molecule has 0 fully saturated rings. The fourth-order valence-corrected chi connectivity index (χ4v) is 1.56. The van der Waals surface area contributed by atoms with Gasteiger partial charge < -0.3 is 10.6 Å². The number of Topliss-reactive ketones (excluding diaryl/α,β-unsaturated/α-hetero) is 2. The Labute approximate surface area is 121 Å². The largest absolute Gasteiger partial charge is 0.305 e. The molecule has 6 heteroatoms. The Kier molecular flexibility index (Phi) is 10.1. The maximum absolute atomic E-state index is 11.3. The Morgan fingerprint density at radius 1 is 1.05 bits per heavy atom. The van der Waals surface area contributed by atoms with E-state index in [2.05, 4.69) is 28.6 Å². The first-order chi connectivity index (χ1) is 8.88. The number of rotatable bonds is 11. The van der Waals surface area contributed by atoms with Crippen molar-refractivity contribution in [2.24, 2.45) is 0 Å². The lowest BCUT2D eigenvalue weighted by atomic mass is 10.2. The molecule has 1 unspecified atom stereocenters. The summed E-state index contributed by atoms with van der Waals surface area (Å²) in [6.45, 7) is 8.21. The van der Waals surface area contributed by atoms with Crippen LogP contribution >= 0.6 is 12.6 Å². The second-order valence-corrected chi connectivity index (χ2v) is 5.27. The van der Waals surface area contributed by atoms with E-state index in [0.717, 1.165) is 18.7 Å². The fourth-order valence-electron chi connectivity index (χ4n) is 1.40. The van der Waals surface area contributed by atoms with Crippen LogP contribution in [0.4, 0.5) is 0 Å². The Bertz CT molecular complexity index is 287. The molecule has 0 rings (SSSR count). The van der Waals surface area contributed by atoms with Gasteiger partial charge in [0, 0.05) is 6.54 Å². The van der Waals surface area contributed by atoms with E-state index in [-0.39, 0.29) is 29.8 Å². The van der Waals surface area contributed by atoms with Gasteiger partial charge in [0.05, 0.1) is 18.2 Å². The zero-order valence-corrected chi connectivity index (χ0v) is 13.2. The molecule has 0 radical (unpaired) electrons. The summed E-state index contributed by atoms with van der Waals surface area (Å²) in [6.07, 6.45) is 0.915. The first-order valence-electron chi connectivity index (χ1n) is 6.73. The van der Waals surface area contributed by atoms with Crippen LogP contribution in [0.3, 0.4) is 0 Å². The van der Waals surface area contributed by atoms with Gasteiger partial charge in [0.15, 0.2) is 0 Å². The Balaban J connectivity index is 4.24. The molecule has 0 saturated heterocycles. The predicted molar refractivity (Wildman–Crippen MR) is 81.7 cm³/mol. The highest BCUT2D eigenvalue weighted by Gasteiger charge is 2.16. The minimum Gasteiger partial charge on any atom is -0.305 e. The molecule has 0 aliphatic carbocycles. The zero-order chi connectivity index (χ0) is 14.8. The highest BCUT2D eigenvalue weighted by molar-refractivity contribution is 7.80. The van der Waals surface area contributed by atoms with Crippen molar-refractivity contribution in [2.45, 2.75) is 52.4 Å². The van der Waals surface area contributed by atoms with Crippen LogP contribution in [0.2, 0.25) is 0 Å². The van der Waals surface area contributed by atoms with Crippen LogP contribution in [0, 0.1) is 0 Å². The van der Waals surface area contributed by atoms with E-state index in [1.54, 1.807) is 13.8 Å². The summed E-state index contributed by atoms with van der Waals surface area (Å²) >= 11 is 4.16.